The fraction of sp³-hybridized carbons (Fsp3) is 0.938. The number of hydrogen-bond donors (Lipinski definition) is 1. The lowest BCUT2D eigenvalue weighted by molar-refractivity contribution is -0.141. The molecule has 6 nitrogen and oxygen atoms in total. The van der Waals surface area contributed by atoms with E-state index in [1.807, 2.05) is 6.92 Å². The van der Waals surface area contributed by atoms with Crippen molar-refractivity contribution in [2.45, 2.75) is 31.9 Å². The van der Waals surface area contributed by atoms with Crippen molar-refractivity contribution in [2.24, 2.45) is 5.92 Å². The minimum Gasteiger partial charge on any atom is -0.379 e. The summed E-state index contributed by atoms with van der Waals surface area (Å²) in [4.78, 5) is 17.3. The Bertz CT molecular complexity index is 374. The van der Waals surface area contributed by atoms with Gasteiger partial charge in [-0.3, -0.25) is 9.69 Å². The summed E-state index contributed by atoms with van der Waals surface area (Å²) in [5.41, 5.74) is 0. The van der Waals surface area contributed by atoms with Crippen molar-refractivity contribution in [3.05, 3.63) is 0 Å². The van der Waals surface area contributed by atoms with Crippen molar-refractivity contribution >= 4 is 5.91 Å². The third kappa shape index (κ3) is 3.98. The number of ether oxygens (including phenoxy) is 2. The predicted octanol–water partition coefficient (Wildman–Crippen LogP) is -0.0659. The van der Waals surface area contributed by atoms with Gasteiger partial charge in [-0.2, -0.15) is 0 Å². The molecule has 3 aliphatic heterocycles. The Balaban J connectivity index is 1.52. The highest BCUT2D eigenvalue weighted by atomic mass is 16.5. The Labute approximate surface area is 133 Å². The molecule has 3 rings (SSSR count). The molecule has 22 heavy (non-hydrogen) atoms. The largest absolute Gasteiger partial charge is 0.379 e. The molecule has 3 aliphatic rings. The Morgan fingerprint density at radius 1 is 1.23 bits per heavy atom. The molecule has 1 N–H and O–H groups in total. The SMILES string of the molecule is C[C@H]1OCCN[C@@H]1C(=O)N1CCCC(CN2CCOCC2)C1. The van der Waals surface area contributed by atoms with E-state index in [9.17, 15) is 4.79 Å². The summed E-state index contributed by atoms with van der Waals surface area (Å²) in [5.74, 6) is 0.814. The first kappa shape index (κ1) is 16.2. The Hall–Kier alpha value is -0.690. The van der Waals surface area contributed by atoms with Gasteiger partial charge in [-0.05, 0) is 25.7 Å². The number of rotatable bonds is 3. The highest BCUT2D eigenvalue weighted by Gasteiger charge is 2.34. The topological polar surface area (TPSA) is 54.0 Å². The van der Waals surface area contributed by atoms with Crippen LogP contribution in [0.25, 0.3) is 0 Å². The second kappa shape index (κ2) is 7.73. The van der Waals surface area contributed by atoms with E-state index in [1.165, 1.54) is 6.42 Å². The molecule has 3 atom stereocenters. The fourth-order valence-electron chi connectivity index (χ4n) is 3.77. The molecular weight excluding hydrogens is 282 g/mol. The van der Waals surface area contributed by atoms with Crippen LogP contribution in [0.1, 0.15) is 19.8 Å². The monoisotopic (exact) mass is 311 g/mol. The summed E-state index contributed by atoms with van der Waals surface area (Å²) in [6.07, 6.45) is 2.31. The van der Waals surface area contributed by atoms with Gasteiger partial charge in [-0.1, -0.05) is 0 Å². The van der Waals surface area contributed by atoms with Gasteiger partial charge in [0.15, 0.2) is 0 Å². The Morgan fingerprint density at radius 2 is 2.05 bits per heavy atom. The lowest BCUT2D eigenvalue weighted by Crippen LogP contribution is -2.58. The van der Waals surface area contributed by atoms with Crippen LogP contribution >= 0.6 is 0 Å². The molecule has 3 saturated heterocycles. The maximum absolute atomic E-state index is 12.8. The molecule has 126 valence electrons. The molecule has 1 unspecified atom stereocenters. The van der Waals surface area contributed by atoms with Crippen LogP contribution < -0.4 is 5.32 Å². The van der Waals surface area contributed by atoms with Gasteiger partial charge in [0.05, 0.1) is 25.9 Å². The van der Waals surface area contributed by atoms with Gasteiger partial charge in [0.1, 0.15) is 6.04 Å². The average molecular weight is 311 g/mol. The van der Waals surface area contributed by atoms with E-state index in [0.717, 1.165) is 58.9 Å². The van der Waals surface area contributed by atoms with Crippen molar-refractivity contribution in [1.29, 1.82) is 0 Å². The van der Waals surface area contributed by atoms with Crippen LogP contribution in [-0.2, 0) is 14.3 Å². The number of carbonyl (C=O) groups is 1. The third-order valence-electron chi connectivity index (χ3n) is 5.03. The number of morpholine rings is 2. The second-order valence-corrected chi connectivity index (χ2v) is 6.71. The summed E-state index contributed by atoms with van der Waals surface area (Å²) in [7, 11) is 0. The highest BCUT2D eigenvalue weighted by molar-refractivity contribution is 5.82. The van der Waals surface area contributed by atoms with E-state index in [1.54, 1.807) is 0 Å². The first-order valence-corrected chi connectivity index (χ1v) is 8.68. The van der Waals surface area contributed by atoms with Gasteiger partial charge in [0.25, 0.3) is 0 Å². The molecule has 6 heteroatoms. The number of nitrogens with one attached hydrogen (secondary N) is 1. The van der Waals surface area contributed by atoms with Gasteiger partial charge in [0.2, 0.25) is 5.91 Å². The molecule has 3 heterocycles. The predicted molar refractivity (Wildman–Crippen MR) is 83.8 cm³/mol. The summed E-state index contributed by atoms with van der Waals surface area (Å²) in [6, 6.07) is -0.170. The zero-order chi connectivity index (χ0) is 15.4. The Morgan fingerprint density at radius 3 is 2.82 bits per heavy atom. The van der Waals surface area contributed by atoms with Crippen LogP contribution in [0, 0.1) is 5.92 Å². The lowest BCUT2D eigenvalue weighted by atomic mass is 9.96. The van der Waals surface area contributed by atoms with E-state index in [4.69, 9.17) is 9.47 Å². The van der Waals surface area contributed by atoms with Gasteiger partial charge >= 0.3 is 0 Å². The second-order valence-electron chi connectivity index (χ2n) is 6.71. The van der Waals surface area contributed by atoms with Crippen molar-refractivity contribution in [3.63, 3.8) is 0 Å². The molecule has 0 aromatic rings. The third-order valence-corrected chi connectivity index (χ3v) is 5.03. The number of likely N-dealkylation sites (tertiary alicyclic amines) is 1. The van der Waals surface area contributed by atoms with Gasteiger partial charge in [-0.15, -0.1) is 0 Å². The summed E-state index contributed by atoms with van der Waals surface area (Å²) < 4.78 is 11.0. The minimum absolute atomic E-state index is 0.0270. The zero-order valence-electron chi connectivity index (χ0n) is 13.6. The molecule has 0 aliphatic carbocycles. The molecular formula is C16H29N3O3. The number of amides is 1. The average Bonchev–Trinajstić information content (AvgIpc) is 2.56. The molecule has 0 radical (unpaired) electrons. The molecule has 3 fully saturated rings. The molecule has 0 aromatic heterocycles. The highest BCUT2D eigenvalue weighted by Crippen LogP contribution is 2.20. The molecule has 0 saturated carbocycles. The van der Waals surface area contributed by atoms with Crippen LogP contribution in [0.15, 0.2) is 0 Å². The zero-order valence-corrected chi connectivity index (χ0v) is 13.6. The lowest BCUT2D eigenvalue weighted by Gasteiger charge is -2.39. The smallest absolute Gasteiger partial charge is 0.242 e. The number of piperidine rings is 1. The van der Waals surface area contributed by atoms with Gasteiger partial charge < -0.3 is 19.7 Å². The number of carbonyl (C=O) groups excluding carboxylic acids is 1. The molecule has 0 aromatic carbocycles. The van der Waals surface area contributed by atoms with Crippen molar-refractivity contribution < 1.29 is 14.3 Å². The molecule has 1 amide bonds. The number of hydrogen-bond acceptors (Lipinski definition) is 5. The minimum atomic E-state index is -0.170. The van der Waals surface area contributed by atoms with Crippen LogP contribution in [0.2, 0.25) is 0 Å². The molecule has 0 spiro atoms. The van der Waals surface area contributed by atoms with Crippen molar-refractivity contribution in [2.75, 3.05) is 59.1 Å². The van der Waals surface area contributed by atoms with E-state index in [0.29, 0.717) is 12.5 Å². The van der Waals surface area contributed by atoms with Gasteiger partial charge in [0, 0.05) is 39.3 Å². The summed E-state index contributed by atoms with van der Waals surface area (Å²) in [6.45, 7) is 10.1. The van der Waals surface area contributed by atoms with Crippen LogP contribution in [-0.4, -0.2) is 86.9 Å². The van der Waals surface area contributed by atoms with E-state index in [2.05, 4.69) is 15.1 Å². The maximum atomic E-state index is 12.8. The fourth-order valence-corrected chi connectivity index (χ4v) is 3.77. The van der Waals surface area contributed by atoms with Crippen LogP contribution in [0.5, 0.6) is 0 Å². The summed E-state index contributed by atoms with van der Waals surface area (Å²) >= 11 is 0. The first-order chi connectivity index (χ1) is 10.7. The standard InChI is InChI=1S/C16H29N3O3/c1-13-15(17-4-8-22-13)16(20)19-5-2-3-14(12-19)11-18-6-9-21-10-7-18/h13-15,17H,2-12H2,1H3/t13-,14?,15+/m1/s1. The van der Waals surface area contributed by atoms with E-state index < -0.39 is 0 Å². The normalized spacial score (nSPS) is 34.6. The summed E-state index contributed by atoms with van der Waals surface area (Å²) in [5, 5.41) is 3.32. The Kier molecular flexibility index (Phi) is 5.68. The van der Waals surface area contributed by atoms with Crippen LogP contribution in [0.4, 0.5) is 0 Å². The van der Waals surface area contributed by atoms with Gasteiger partial charge in [-0.25, -0.2) is 0 Å². The maximum Gasteiger partial charge on any atom is 0.242 e. The quantitative estimate of drug-likeness (QED) is 0.791. The van der Waals surface area contributed by atoms with Crippen LogP contribution in [0.3, 0.4) is 0 Å². The van der Waals surface area contributed by atoms with E-state index >= 15 is 0 Å². The molecule has 0 bridgehead atoms. The van der Waals surface area contributed by atoms with Crippen molar-refractivity contribution in [1.82, 2.24) is 15.1 Å². The first-order valence-electron chi connectivity index (χ1n) is 8.68. The number of nitrogens with zero attached hydrogens (tertiary/aromatic N) is 2. The van der Waals surface area contributed by atoms with Crippen molar-refractivity contribution in [3.8, 4) is 0 Å². The van der Waals surface area contributed by atoms with E-state index in [-0.39, 0.29) is 18.1 Å².